The minimum Gasteiger partial charge on any atom is -0.450 e. The maximum atomic E-state index is 10.6. The van der Waals surface area contributed by atoms with Gasteiger partial charge < -0.3 is 4.42 Å². The summed E-state index contributed by atoms with van der Waals surface area (Å²) in [7, 11) is 0. The number of carbonyl (C=O) groups is 2. The van der Waals surface area contributed by atoms with Crippen LogP contribution in [0.3, 0.4) is 0 Å². The lowest BCUT2D eigenvalue weighted by Crippen LogP contribution is -1.86. The third-order valence-electron chi connectivity index (χ3n) is 1.09. The minimum atomic E-state index is -0.173. The third-order valence-corrected chi connectivity index (χ3v) is 1.09. The second kappa shape index (κ2) is 5.55. The molecule has 1 heterocycles. The molecule has 0 amide bonds. The lowest BCUT2D eigenvalue weighted by molar-refractivity contribution is 0.0983. The van der Waals surface area contributed by atoms with Gasteiger partial charge in [-0.25, -0.2) is 0 Å². The van der Waals surface area contributed by atoms with Gasteiger partial charge in [0.05, 0.1) is 0 Å². The number of alkyl halides is 1. The Morgan fingerprint density at radius 2 is 2.08 bits per heavy atom. The molecule has 0 atom stereocenters. The van der Waals surface area contributed by atoms with E-state index in [0.29, 0.717) is 6.29 Å². The second-order valence-corrected chi connectivity index (χ2v) is 1.88. The van der Waals surface area contributed by atoms with Gasteiger partial charge in [0, 0.05) is 13.3 Å². The molecule has 1 aromatic heterocycles. The Kier molecular flexibility index (Phi) is 5.04. The van der Waals surface area contributed by atoms with Crippen LogP contribution in [0.2, 0.25) is 0 Å². The number of Topliss-reactive ketones (excluding diaryl/α,β-unsaturated/α-hetero) is 1. The zero-order valence-corrected chi connectivity index (χ0v) is 7.59. The van der Waals surface area contributed by atoms with Crippen LogP contribution >= 0.6 is 11.6 Å². The highest BCUT2D eigenvalue weighted by Crippen LogP contribution is 2.05. The number of halogens is 1. The van der Waals surface area contributed by atoms with E-state index in [0.717, 1.165) is 0 Å². The Hall–Kier alpha value is -1.09. The highest BCUT2D eigenvalue weighted by atomic mass is 35.5. The molecule has 0 bridgehead atoms. The Labute approximate surface area is 75.3 Å². The van der Waals surface area contributed by atoms with Crippen molar-refractivity contribution < 1.29 is 14.0 Å². The number of hydrogen-bond donors (Lipinski definition) is 0. The maximum absolute atomic E-state index is 10.6. The molecule has 1 rings (SSSR count). The fourth-order valence-electron chi connectivity index (χ4n) is 0.605. The average molecular weight is 189 g/mol. The summed E-state index contributed by atoms with van der Waals surface area (Å²) in [4.78, 5) is 20.6. The van der Waals surface area contributed by atoms with E-state index in [1.807, 2.05) is 0 Å². The van der Waals surface area contributed by atoms with Crippen LogP contribution in [0.15, 0.2) is 16.5 Å². The van der Waals surface area contributed by atoms with E-state index in [2.05, 4.69) is 11.6 Å². The Bertz CT molecular complexity index is 265. The molecule has 0 N–H and O–H groups in total. The highest BCUT2D eigenvalue weighted by molar-refractivity contribution is 6.15. The van der Waals surface area contributed by atoms with Crippen molar-refractivity contribution in [3.05, 3.63) is 23.7 Å². The Morgan fingerprint density at radius 3 is 2.33 bits per heavy atom. The highest BCUT2D eigenvalue weighted by Gasteiger charge is 2.03. The van der Waals surface area contributed by atoms with Gasteiger partial charge >= 0.3 is 0 Å². The average Bonchev–Trinajstić information content (AvgIpc) is 2.55. The molecule has 0 fully saturated rings. The molecule has 0 aromatic carbocycles. The lowest BCUT2D eigenvalue weighted by Gasteiger charge is -1.82. The van der Waals surface area contributed by atoms with E-state index in [1.54, 1.807) is 0 Å². The van der Waals surface area contributed by atoms with Crippen molar-refractivity contribution >= 4 is 23.7 Å². The molecule has 12 heavy (non-hydrogen) atoms. The quantitative estimate of drug-likeness (QED) is 0.406. The molecule has 3 nitrogen and oxygen atoms in total. The van der Waals surface area contributed by atoms with Gasteiger partial charge in [-0.05, 0) is 12.1 Å². The summed E-state index contributed by atoms with van der Waals surface area (Å²) in [5.41, 5.74) is 0. The van der Waals surface area contributed by atoms with E-state index >= 15 is 0 Å². The monoisotopic (exact) mass is 188 g/mol. The fraction of sp³-hybridized carbons (Fsp3) is 0.250. The largest absolute Gasteiger partial charge is 0.450 e. The first-order valence-electron chi connectivity index (χ1n) is 3.18. The molecule has 0 unspecified atom stereocenters. The van der Waals surface area contributed by atoms with Crippen LogP contribution < -0.4 is 0 Å². The molecule has 0 spiro atoms. The smallest absolute Gasteiger partial charge is 0.194 e. The number of hydrogen-bond acceptors (Lipinski definition) is 3. The lowest BCUT2D eigenvalue weighted by atomic mass is 10.3. The standard InChI is InChI=1S/C7H6O3.CH3Cl/c1-5(9)7-3-2-6(4-8)10-7;1-2/h2-4H,1H3;1H3. The van der Waals surface area contributed by atoms with E-state index in [4.69, 9.17) is 4.42 Å². The topological polar surface area (TPSA) is 47.3 Å². The first-order chi connectivity index (χ1) is 5.74. The van der Waals surface area contributed by atoms with E-state index < -0.39 is 0 Å². The molecule has 1 aromatic rings. The predicted molar refractivity (Wildman–Crippen MR) is 45.9 cm³/mol. The number of furan rings is 1. The predicted octanol–water partition coefficient (Wildman–Crippen LogP) is 2.15. The molecular weight excluding hydrogens is 180 g/mol. The summed E-state index contributed by atoms with van der Waals surface area (Å²) < 4.78 is 4.78. The SMILES string of the molecule is CC(=O)c1ccc(C=O)o1.CCl. The molecule has 0 saturated heterocycles. The van der Waals surface area contributed by atoms with Crippen molar-refractivity contribution in [3.8, 4) is 0 Å². The molecule has 0 aliphatic carbocycles. The van der Waals surface area contributed by atoms with Crippen LogP contribution in [-0.4, -0.2) is 18.5 Å². The number of ketones is 1. The van der Waals surface area contributed by atoms with Gasteiger partial charge in [-0.3, -0.25) is 9.59 Å². The minimum absolute atomic E-state index is 0.173. The summed E-state index contributed by atoms with van der Waals surface area (Å²) >= 11 is 4.64. The summed E-state index contributed by atoms with van der Waals surface area (Å²) in [5, 5.41) is 0. The van der Waals surface area contributed by atoms with Crippen LogP contribution in [0.25, 0.3) is 0 Å². The van der Waals surface area contributed by atoms with Gasteiger partial charge in [0.25, 0.3) is 0 Å². The summed E-state index contributed by atoms with van der Waals surface area (Å²) in [6.45, 7) is 1.38. The normalized spacial score (nSPS) is 8.25. The number of carbonyl (C=O) groups excluding carboxylic acids is 2. The maximum Gasteiger partial charge on any atom is 0.194 e. The van der Waals surface area contributed by atoms with Crippen molar-refractivity contribution in [3.63, 3.8) is 0 Å². The van der Waals surface area contributed by atoms with Gasteiger partial charge in [-0.15, -0.1) is 11.6 Å². The molecule has 0 aliphatic heterocycles. The summed E-state index contributed by atoms with van der Waals surface area (Å²) in [6, 6.07) is 2.94. The van der Waals surface area contributed by atoms with Gasteiger partial charge in [0.2, 0.25) is 0 Å². The van der Waals surface area contributed by atoms with Crippen molar-refractivity contribution in [1.82, 2.24) is 0 Å². The van der Waals surface area contributed by atoms with Crippen LogP contribution in [-0.2, 0) is 0 Å². The van der Waals surface area contributed by atoms with Gasteiger partial charge in [-0.2, -0.15) is 0 Å². The van der Waals surface area contributed by atoms with E-state index in [9.17, 15) is 9.59 Å². The second-order valence-electron chi connectivity index (χ2n) is 1.88. The van der Waals surface area contributed by atoms with E-state index in [1.165, 1.54) is 25.4 Å². The molecular formula is C8H9ClO3. The molecule has 0 saturated carbocycles. The number of aldehydes is 1. The van der Waals surface area contributed by atoms with Crippen molar-refractivity contribution in [2.45, 2.75) is 6.92 Å². The van der Waals surface area contributed by atoms with Crippen LogP contribution in [0.5, 0.6) is 0 Å². The van der Waals surface area contributed by atoms with Crippen LogP contribution in [0.1, 0.15) is 28.0 Å². The first-order valence-corrected chi connectivity index (χ1v) is 3.93. The van der Waals surface area contributed by atoms with Gasteiger partial charge in [0.1, 0.15) is 0 Å². The molecule has 66 valence electrons. The zero-order chi connectivity index (χ0) is 9.56. The van der Waals surface area contributed by atoms with Crippen molar-refractivity contribution in [2.75, 3.05) is 6.38 Å². The summed E-state index contributed by atoms with van der Waals surface area (Å²) in [5.74, 6) is 0.236. The Balaban J connectivity index is 0.000000561. The molecule has 4 heteroatoms. The first kappa shape index (κ1) is 10.9. The fourth-order valence-corrected chi connectivity index (χ4v) is 0.605. The van der Waals surface area contributed by atoms with E-state index in [-0.39, 0.29) is 17.3 Å². The van der Waals surface area contributed by atoms with Gasteiger partial charge in [-0.1, -0.05) is 0 Å². The third kappa shape index (κ3) is 2.88. The molecule has 0 aliphatic rings. The Morgan fingerprint density at radius 1 is 1.50 bits per heavy atom. The molecule has 0 radical (unpaired) electrons. The van der Waals surface area contributed by atoms with Crippen LogP contribution in [0.4, 0.5) is 0 Å². The zero-order valence-electron chi connectivity index (χ0n) is 6.83. The van der Waals surface area contributed by atoms with Crippen molar-refractivity contribution in [2.24, 2.45) is 0 Å². The number of rotatable bonds is 2. The van der Waals surface area contributed by atoms with Crippen molar-refractivity contribution in [1.29, 1.82) is 0 Å². The van der Waals surface area contributed by atoms with Crippen LogP contribution in [0, 0.1) is 0 Å². The summed E-state index contributed by atoms with van der Waals surface area (Å²) in [6.07, 6.45) is 2.03. The van der Waals surface area contributed by atoms with Gasteiger partial charge in [0.15, 0.2) is 23.6 Å².